The van der Waals surface area contributed by atoms with E-state index in [4.69, 9.17) is 0 Å². The zero-order valence-electron chi connectivity index (χ0n) is 12.5. The molecule has 0 aromatic rings. The average Bonchev–Trinajstić information content (AvgIpc) is 2.31. The van der Waals surface area contributed by atoms with Gasteiger partial charge in [0.25, 0.3) is 0 Å². The Morgan fingerprint density at radius 3 is 2.17 bits per heavy atom. The van der Waals surface area contributed by atoms with Crippen molar-refractivity contribution in [2.24, 2.45) is 5.92 Å². The van der Waals surface area contributed by atoms with Crippen molar-refractivity contribution in [1.29, 1.82) is 0 Å². The lowest BCUT2D eigenvalue weighted by molar-refractivity contribution is -0.0284. The van der Waals surface area contributed by atoms with E-state index in [1.54, 1.807) is 0 Å². The van der Waals surface area contributed by atoms with E-state index >= 15 is 0 Å². The fourth-order valence-electron chi connectivity index (χ4n) is 3.45. The zero-order chi connectivity index (χ0) is 13.3. The molecule has 1 N–H and O–H groups in total. The molecule has 0 amide bonds. The van der Waals surface area contributed by atoms with Crippen LogP contribution < -0.4 is 0 Å². The number of rotatable bonds is 1. The normalized spacial score (nSPS) is 36.8. The summed E-state index contributed by atoms with van der Waals surface area (Å²) in [6.07, 6.45) is 3.27. The van der Waals surface area contributed by atoms with Crippen molar-refractivity contribution in [3.8, 4) is 0 Å². The molecule has 1 heterocycles. The average molecular weight is 254 g/mol. The monoisotopic (exact) mass is 254 g/mol. The highest BCUT2D eigenvalue weighted by molar-refractivity contribution is 4.90. The molecule has 1 aliphatic heterocycles. The number of nitrogens with zero attached hydrogens (tertiary/aromatic N) is 2. The quantitative estimate of drug-likeness (QED) is 0.775. The Balaban J connectivity index is 1.89. The van der Waals surface area contributed by atoms with Crippen molar-refractivity contribution in [1.82, 2.24) is 9.80 Å². The lowest BCUT2D eigenvalue weighted by Gasteiger charge is -2.47. The Hall–Kier alpha value is -0.120. The van der Waals surface area contributed by atoms with E-state index in [2.05, 4.69) is 37.5 Å². The highest BCUT2D eigenvalue weighted by atomic mass is 16.3. The van der Waals surface area contributed by atoms with Crippen LogP contribution in [0, 0.1) is 5.92 Å². The minimum atomic E-state index is -0.0950. The first kappa shape index (κ1) is 14.3. The SMILES string of the molecule is CC1CCC(O)C(N2CCN(C(C)(C)C)CC2)C1. The molecule has 2 fully saturated rings. The third-order valence-electron chi connectivity index (χ3n) is 4.78. The van der Waals surface area contributed by atoms with Crippen LogP contribution in [0.25, 0.3) is 0 Å². The van der Waals surface area contributed by atoms with Crippen LogP contribution in [0.1, 0.15) is 47.0 Å². The van der Waals surface area contributed by atoms with Gasteiger partial charge >= 0.3 is 0 Å². The second-order valence-electron chi connectivity index (χ2n) is 7.25. The third kappa shape index (κ3) is 3.25. The van der Waals surface area contributed by atoms with E-state index in [9.17, 15) is 5.11 Å². The van der Waals surface area contributed by atoms with Crippen LogP contribution >= 0.6 is 0 Å². The fourth-order valence-corrected chi connectivity index (χ4v) is 3.45. The zero-order valence-corrected chi connectivity index (χ0v) is 12.5. The van der Waals surface area contributed by atoms with E-state index < -0.39 is 0 Å². The number of hydrogen-bond donors (Lipinski definition) is 1. The van der Waals surface area contributed by atoms with Gasteiger partial charge in [-0.15, -0.1) is 0 Å². The number of piperazine rings is 1. The van der Waals surface area contributed by atoms with Crippen LogP contribution in [0.3, 0.4) is 0 Å². The molecule has 2 aliphatic rings. The third-order valence-corrected chi connectivity index (χ3v) is 4.78. The first-order valence-corrected chi connectivity index (χ1v) is 7.55. The van der Waals surface area contributed by atoms with Gasteiger partial charge in [-0.1, -0.05) is 6.92 Å². The van der Waals surface area contributed by atoms with Crippen molar-refractivity contribution in [3.63, 3.8) is 0 Å². The minimum Gasteiger partial charge on any atom is -0.391 e. The molecule has 0 radical (unpaired) electrons. The summed E-state index contributed by atoms with van der Waals surface area (Å²) in [5.74, 6) is 0.777. The van der Waals surface area contributed by atoms with Crippen LogP contribution in [0.15, 0.2) is 0 Å². The molecule has 3 nitrogen and oxygen atoms in total. The largest absolute Gasteiger partial charge is 0.391 e. The Kier molecular flexibility index (Phi) is 4.35. The van der Waals surface area contributed by atoms with E-state index in [1.807, 2.05) is 0 Å². The van der Waals surface area contributed by atoms with Gasteiger partial charge in [0.2, 0.25) is 0 Å². The van der Waals surface area contributed by atoms with Gasteiger partial charge in [0.1, 0.15) is 0 Å². The summed E-state index contributed by atoms with van der Waals surface area (Å²) in [4.78, 5) is 5.09. The van der Waals surface area contributed by atoms with Crippen LogP contribution in [-0.4, -0.2) is 58.8 Å². The van der Waals surface area contributed by atoms with E-state index in [0.717, 1.165) is 38.5 Å². The van der Waals surface area contributed by atoms with Gasteiger partial charge in [-0.05, 0) is 46.0 Å². The predicted octanol–water partition coefficient (Wildman–Crippen LogP) is 1.95. The van der Waals surface area contributed by atoms with Gasteiger partial charge in [0.15, 0.2) is 0 Å². The van der Waals surface area contributed by atoms with Crippen LogP contribution in [0.4, 0.5) is 0 Å². The highest BCUT2D eigenvalue weighted by Crippen LogP contribution is 2.29. The highest BCUT2D eigenvalue weighted by Gasteiger charge is 2.34. The number of aliphatic hydroxyl groups is 1. The van der Waals surface area contributed by atoms with E-state index in [0.29, 0.717) is 6.04 Å². The predicted molar refractivity (Wildman–Crippen MR) is 75.7 cm³/mol. The van der Waals surface area contributed by atoms with Gasteiger partial charge in [-0.25, -0.2) is 0 Å². The molecule has 0 aromatic carbocycles. The molecule has 1 saturated heterocycles. The second-order valence-corrected chi connectivity index (χ2v) is 7.25. The summed E-state index contributed by atoms with van der Waals surface area (Å²) in [6.45, 7) is 13.7. The second kappa shape index (κ2) is 5.48. The van der Waals surface area contributed by atoms with Crippen LogP contribution in [0.5, 0.6) is 0 Å². The van der Waals surface area contributed by atoms with Crippen molar-refractivity contribution < 1.29 is 5.11 Å². The molecule has 106 valence electrons. The summed E-state index contributed by atoms with van der Waals surface area (Å²) in [5.41, 5.74) is 0.282. The fraction of sp³-hybridized carbons (Fsp3) is 1.00. The molecule has 3 unspecified atom stereocenters. The van der Waals surface area contributed by atoms with Crippen molar-refractivity contribution in [2.75, 3.05) is 26.2 Å². The van der Waals surface area contributed by atoms with Gasteiger partial charge in [-0.3, -0.25) is 9.80 Å². The molecule has 1 aliphatic carbocycles. The maximum atomic E-state index is 10.2. The van der Waals surface area contributed by atoms with E-state index in [1.165, 1.54) is 12.8 Å². The maximum Gasteiger partial charge on any atom is 0.0695 e. The van der Waals surface area contributed by atoms with Crippen molar-refractivity contribution >= 4 is 0 Å². The molecule has 0 spiro atoms. The lowest BCUT2D eigenvalue weighted by atomic mass is 9.84. The van der Waals surface area contributed by atoms with Crippen LogP contribution in [-0.2, 0) is 0 Å². The van der Waals surface area contributed by atoms with Crippen LogP contribution in [0.2, 0.25) is 0 Å². The summed E-state index contributed by atoms with van der Waals surface area (Å²) in [7, 11) is 0. The van der Waals surface area contributed by atoms with Gasteiger partial charge < -0.3 is 5.11 Å². The smallest absolute Gasteiger partial charge is 0.0695 e. The molecule has 18 heavy (non-hydrogen) atoms. The standard InChI is InChI=1S/C15H30N2O/c1-12-5-6-14(18)13(11-12)16-7-9-17(10-8-16)15(2,3)4/h12-14,18H,5-11H2,1-4H3. The lowest BCUT2D eigenvalue weighted by Crippen LogP contribution is -2.58. The molecular formula is C15H30N2O. The summed E-state index contributed by atoms with van der Waals surface area (Å²) < 4.78 is 0. The molecule has 3 heteroatoms. The number of aliphatic hydroxyl groups excluding tert-OH is 1. The van der Waals surface area contributed by atoms with Crippen molar-refractivity contribution in [2.45, 2.75) is 64.6 Å². The summed E-state index contributed by atoms with van der Waals surface area (Å²) in [6, 6.07) is 0.413. The molecular weight excluding hydrogens is 224 g/mol. The Morgan fingerprint density at radius 2 is 1.61 bits per heavy atom. The Bertz CT molecular complexity index is 266. The first-order valence-electron chi connectivity index (χ1n) is 7.55. The Morgan fingerprint density at radius 1 is 1.00 bits per heavy atom. The molecule has 1 saturated carbocycles. The summed E-state index contributed by atoms with van der Waals surface area (Å²) >= 11 is 0. The Labute approximate surface area is 112 Å². The molecule has 0 aromatic heterocycles. The topological polar surface area (TPSA) is 26.7 Å². The van der Waals surface area contributed by atoms with Gasteiger partial charge in [-0.2, -0.15) is 0 Å². The minimum absolute atomic E-state index is 0.0950. The van der Waals surface area contributed by atoms with Gasteiger partial charge in [0.05, 0.1) is 6.10 Å². The molecule has 2 rings (SSSR count). The summed E-state index contributed by atoms with van der Waals surface area (Å²) in [5, 5.41) is 10.2. The maximum absolute atomic E-state index is 10.2. The molecule has 3 atom stereocenters. The number of hydrogen-bond acceptors (Lipinski definition) is 3. The van der Waals surface area contributed by atoms with Crippen molar-refractivity contribution in [3.05, 3.63) is 0 Å². The first-order chi connectivity index (χ1) is 8.38. The molecule has 0 bridgehead atoms. The van der Waals surface area contributed by atoms with Gasteiger partial charge in [0, 0.05) is 37.8 Å². The van der Waals surface area contributed by atoms with E-state index in [-0.39, 0.29) is 11.6 Å².